The van der Waals surface area contributed by atoms with Crippen molar-refractivity contribution in [3.63, 3.8) is 0 Å². The van der Waals surface area contributed by atoms with Crippen molar-refractivity contribution in [3.05, 3.63) is 76.8 Å². The fourth-order valence-corrected chi connectivity index (χ4v) is 4.47. The monoisotopic (exact) mass is 548 g/mol. The van der Waals surface area contributed by atoms with Crippen LogP contribution in [0.15, 0.2) is 76.1 Å². The third-order valence-electron chi connectivity index (χ3n) is 4.58. The molecular weight excluding hydrogens is 524 g/mol. The molecule has 3 aromatic rings. The molecule has 0 unspecified atom stereocenters. The van der Waals surface area contributed by atoms with E-state index in [-0.39, 0.29) is 10.8 Å². The summed E-state index contributed by atoms with van der Waals surface area (Å²) in [6.45, 7) is 3.25. The Morgan fingerprint density at radius 3 is 2.21 bits per heavy atom. The van der Waals surface area contributed by atoms with E-state index in [4.69, 9.17) is 14.2 Å². The molecule has 0 saturated heterocycles. The summed E-state index contributed by atoms with van der Waals surface area (Å²) in [5.74, 6) is 0.918. The van der Waals surface area contributed by atoms with E-state index in [1.165, 1.54) is 24.3 Å². The molecule has 0 aliphatic heterocycles. The number of anilines is 2. The molecule has 0 saturated carbocycles. The minimum atomic E-state index is -3.79. The molecule has 2 N–H and O–H groups in total. The number of benzene rings is 3. The molecule has 0 fully saturated rings. The molecule has 0 atom stereocenters. The molecule has 10 heteroatoms. The lowest BCUT2D eigenvalue weighted by Gasteiger charge is -2.11. The molecule has 0 bridgehead atoms. The largest absolute Gasteiger partial charge is 0.494 e. The van der Waals surface area contributed by atoms with Crippen LogP contribution in [0.4, 0.5) is 11.4 Å². The fraction of sp³-hybridized carbons (Fsp3) is 0.208. The molecule has 3 rings (SSSR count). The zero-order chi connectivity index (χ0) is 24.6. The minimum absolute atomic E-state index is 0.0692. The molecule has 0 aliphatic carbocycles. The second kappa shape index (κ2) is 11.9. The number of halogens is 1. The summed E-state index contributed by atoms with van der Waals surface area (Å²) in [5, 5.41) is 2.75. The molecule has 3 aromatic carbocycles. The molecular formula is C24H25BrN2O6S. The number of nitrogens with one attached hydrogen (secondary N) is 2. The van der Waals surface area contributed by atoms with Crippen molar-refractivity contribution in [2.24, 2.45) is 0 Å². The number of carbonyl (C=O) groups is 1. The predicted molar refractivity (Wildman–Crippen MR) is 134 cm³/mol. The van der Waals surface area contributed by atoms with Gasteiger partial charge in [-0.25, -0.2) is 8.42 Å². The first-order valence-corrected chi connectivity index (χ1v) is 12.7. The van der Waals surface area contributed by atoms with Gasteiger partial charge < -0.3 is 19.5 Å². The van der Waals surface area contributed by atoms with Gasteiger partial charge in [0.05, 0.1) is 22.6 Å². The van der Waals surface area contributed by atoms with Gasteiger partial charge in [-0.1, -0.05) is 0 Å². The van der Waals surface area contributed by atoms with Gasteiger partial charge in [-0.05, 0) is 89.6 Å². The lowest BCUT2D eigenvalue weighted by atomic mass is 10.2. The number of methoxy groups -OCH3 is 1. The summed E-state index contributed by atoms with van der Waals surface area (Å²) in [5.41, 5.74) is 1.29. The average molecular weight is 549 g/mol. The van der Waals surface area contributed by atoms with E-state index in [1.807, 2.05) is 6.92 Å². The zero-order valence-corrected chi connectivity index (χ0v) is 21.1. The van der Waals surface area contributed by atoms with Crippen LogP contribution in [-0.4, -0.2) is 41.3 Å². The van der Waals surface area contributed by atoms with Gasteiger partial charge in [-0.3, -0.25) is 9.52 Å². The Morgan fingerprint density at radius 1 is 0.912 bits per heavy atom. The highest BCUT2D eigenvalue weighted by Crippen LogP contribution is 2.27. The SMILES string of the molecule is CCOc1ccc(NS(=O)(=O)c2ccc(NC(=O)c3ccc(OCCOC)c(Br)c3)cc2)cc1. The highest BCUT2D eigenvalue weighted by atomic mass is 79.9. The molecule has 0 spiro atoms. The first-order chi connectivity index (χ1) is 16.3. The molecule has 0 radical (unpaired) electrons. The van der Waals surface area contributed by atoms with E-state index in [1.54, 1.807) is 49.6 Å². The van der Waals surface area contributed by atoms with E-state index in [0.717, 1.165) is 0 Å². The minimum Gasteiger partial charge on any atom is -0.494 e. The van der Waals surface area contributed by atoms with Crippen LogP contribution in [-0.2, 0) is 14.8 Å². The van der Waals surface area contributed by atoms with E-state index < -0.39 is 10.0 Å². The third kappa shape index (κ3) is 6.96. The fourth-order valence-electron chi connectivity index (χ4n) is 2.91. The second-order valence-electron chi connectivity index (χ2n) is 7.03. The van der Waals surface area contributed by atoms with Crippen LogP contribution < -0.4 is 19.5 Å². The maximum absolute atomic E-state index is 12.7. The van der Waals surface area contributed by atoms with Crippen molar-refractivity contribution in [2.45, 2.75) is 11.8 Å². The quantitative estimate of drug-likeness (QED) is 0.329. The first kappa shape index (κ1) is 25.5. The summed E-state index contributed by atoms with van der Waals surface area (Å²) < 4.78 is 44.4. The van der Waals surface area contributed by atoms with Crippen LogP contribution in [0.25, 0.3) is 0 Å². The second-order valence-corrected chi connectivity index (χ2v) is 9.56. The lowest BCUT2D eigenvalue weighted by molar-refractivity contribution is 0.102. The third-order valence-corrected chi connectivity index (χ3v) is 6.60. The average Bonchev–Trinajstić information content (AvgIpc) is 2.82. The van der Waals surface area contributed by atoms with Crippen molar-refractivity contribution in [2.75, 3.05) is 37.0 Å². The zero-order valence-electron chi connectivity index (χ0n) is 18.7. The molecule has 1 amide bonds. The van der Waals surface area contributed by atoms with Gasteiger partial charge in [0.15, 0.2) is 0 Å². The highest BCUT2D eigenvalue weighted by molar-refractivity contribution is 9.10. The number of carbonyl (C=O) groups excluding carboxylic acids is 1. The van der Waals surface area contributed by atoms with Gasteiger partial charge in [-0.15, -0.1) is 0 Å². The summed E-state index contributed by atoms with van der Waals surface area (Å²) in [6, 6.07) is 17.5. The maximum Gasteiger partial charge on any atom is 0.261 e. The standard InChI is InChI=1S/C24H25BrN2O6S/c1-3-32-20-9-5-19(6-10-20)27-34(29,30)21-11-7-18(8-12-21)26-24(28)17-4-13-23(22(25)16-17)33-15-14-31-2/h4-13,16,27H,3,14-15H2,1-2H3,(H,26,28). The number of hydrogen-bond acceptors (Lipinski definition) is 6. The van der Waals surface area contributed by atoms with Gasteiger partial charge in [0, 0.05) is 24.0 Å². The Morgan fingerprint density at radius 2 is 1.59 bits per heavy atom. The molecule has 180 valence electrons. The number of sulfonamides is 1. The first-order valence-electron chi connectivity index (χ1n) is 10.4. The summed E-state index contributed by atoms with van der Waals surface area (Å²) in [6.07, 6.45) is 0. The highest BCUT2D eigenvalue weighted by Gasteiger charge is 2.15. The van der Waals surface area contributed by atoms with Gasteiger partial charge in [0.1, 0.15) is 18.1 Å². The number of rotatable bonds is 11. The van der Waals surface area contributed by atoms with Crippen LogP contribution in [0, 0.1) is 0 Å². The van der Waals surface area contributed by atoms with Crippen LogP contribution in [0.2, 0.25) is 0 Å². The molecule has 0 aliphatic rings. The number of amides is 1. The smallest absolute Gasteiger partial charge is 0.261 e. The van der Waals surface area contributed by atoms with Crippen LogP contribution in [0.1, 0.15) is 17.3 Å². The summed E-state index contributed by atoms with van der Waals surface area (Å²) in [4.78, 5) is 12.7. The van der Waals surface area contributed by atoms with Crippen LogP contribution in [0.3, 0.4) is 0 Å². The van der Waals surface area contributed by atoms with Crippen LogP contribution >= 0.6 is 15.9 Å². The van der Waals surface area contributed by atoms with E-state index in [9.17, 15) is 13.2 Å². The summed E-state index contributed by atoms with van der Waals surface area (Å²) >= 11 is 3.40. The molecule has 8 nitrogen and oxygen atoms in total. The van der Waals surface area contributed by atoms with Gasteiger partial charge in [0.25, 0.3) is 15.9 Å². The van der Waals surface area contributed by atoms with E-state index >= 15 is 0 Å². The van der Waals surface area contributed by atoms with Crippen molar-refractivity contribution in [1.29, 1.82) is 0 Å². The van der Waals surface area contributed by atoms with Crippen molar-refractivity contribution in [1.82, 2.24) is 0 Å². The van der Waals surface area contributed by atoms with Gasteiger partial charge in [-0.2, -0.15) is 0 Å². The van der Waals surface area contributed by atoms with Crippen molar-refractivity contribution in [3.8, 4) is 11.5 Å². The van der Waals surface area contributed by atoms with Crippen molar-refractivity contribution >= 4 is 43.2 Å². The van der Waals surface area contributed by atoms with Gasteiger partial charge in [0.2, 0.25) is 0 Å². The molecule has 0 aromatic heterocycles. The predicted octanol–water partition coefficient (Wildman–Crippen LogP) is 4.93. The van der Waals surface area contributed by atoms with Crippen LogP contribution in [0.5, 0.6) is 11.5 Å². The van der Waals surface area contributed by atoms with E-state index in [2.05, 4.69) is 26.0 Å². The Bertz CT molecular complexity index is 1220. The molecule has 0 heterocycles. The normalized spacial score (nSPS) is 11.0. The molecule has 34 heavy (non-hydrogen) atoms. The number of hydrogen-bond donors (Lipinski definition) is 2. The Balaban J connectivity index is 1.63. The van der Waals surface area contributed by atoms with E-state index in [0.29, 0.717) is 52.7 Å². The maximum atomic E-state index is 12.7. The Kier molecular flexibility index (Phi) is 8.91. The Hall–Kier alpha value is -3.08. The lowest BCUT2D eigenvalue weighted by Crippen LogP contribution is -2.14. The Labute approximate surface area is 207 Å². The van der Waals surface area contributed by atoms with Crippen molar-refractivity contribution < 1.29 is 27.4 Å². The topological polar surface area (TPSA) is 103 Å². The summed E-state index contributed by atoms with van der Waals surface area (Å²) in [7, 11) is -2.20. The van der Waals surface area contributed by atoms with Gasteiger partial charge >= 0.3 is 0 Å². The number of ether oxygens (including phenoxy) is 3.